The number of nitrogens with two attached hydrogens (primary N) is 1. The lowest BCUT2D eigenvalue weighted by atomic mass is 10.0. The van der Waals surface area contributed by atoms with Gasteiger partial charge in [-0.05, 0) is 45.2 Å². The van der Waals surface area contributed by atoms with Gasteiger partial charge in [-0.15, -0.1) is 0 Å². The zero-order chi connectivity index (χ0) is 13.5. The third-order valence-electron chi connectivity index (χ3n) is 4.87. The first-order chi connectivity index (χ1) is 9.17. The van der Waals surface area contributed by atoms with Gasteiger partial charge in [0.15, 0.2) is 5.84 Å². The summed E-state index contributed by atoms with van der Waals surface area (Å²) in [6.45, 7) is 3.94. The van der Waals surface area contributed by atoms with E-state index in [4.69, 9.17) is 10.9 Å². The summed E-state index contributed by atoms with van der Waals surface area (Å²) in [5.41, 5.74) is 4.99. The molecule has 2 saturated heterocycles. The van der Waals surface area contributed by atoms with Crippen molar-refractivity contribution in [3.8, 4) is 0 Å². The van der Waals surface area contributed by atoms with Crippen LogP contribution in [0.4, 0.5) is 0 Å². The van der Waals surface area contributed by atoms with E-state index in [0.717, 1.165) is 32.6 Å². The molecular formula is C13H22N4O2. The molecule has 0 spiro atoms. The minimum atomic E-state index is -0.686. The number of likely N-dealkylation sites (tertiary alicyclic amines) is 2. The second-order valence-corrected chi connectivity index (χ2v) is 6.00. The van der Waals surface area contributed by atoms with Gasteiger partial charge in [0, 0.05) is 19.1 Å². The molecule has 106 valence electrons. The van der Waals surface area contributed by atoms with E-state index in [1.807, 2.05) is 4.90 Å². The lowest BCUT2D eigenvalue weighted by Crippen LogP contribution is -2.44. The molecule has 0 radical (unpaired) electrons. The molecule has 1 unspecified atom stereocenters. The first-order valence-electron chi connectivity index (χ1n) is 7.19. The SMILES string of the molecule is NC(=NO)C1(C(=O)N2CCC(N3CCCC3)C2)CC1. The van der Waals surface area contributed by atoms with Crippen LogP contribution in [0.2, 0.25) is 0 Å². The molecule has 3 aliphatic rings. The smallest absolute Gasteiger partial charge is 0.236 e. The van der Waals surface area contributed by atoms with Crippen LogP contribution in [-0.4, -0.2) is 59.0 Å². The maximum atomic E-state index is 12.5. The molecule has 2 heterocycles. The van der Waals surface area contributed by atoms with Crippen molar-refractivity contribution in [2.75, 3.05) is 26.2 Å². The van der Waals surface area contributed by atoms with Gasteiger partial charge in [-0.2, -0.15) is 0 Å². The summed E-state index contributed by atoms with van der Waals surface area (Å²) >= 11 is 0. The molecule has 3 fully saturated rings. The van der Waals surface area contributed by atoms with Crippen molar-refractivity contribution in [3.63, 3.8) is 0 Å². The van der Waals surface area contributed by atoms with Crippen molar-refractivity contribution in [1.82, 2.24) is 9.80 Å². The molecule has 3 rings (SSSR count). The highest BCUT2D eigenvalue weighted by Crippen LogP contribution is 2.48. The molecule has 1 atom stereocenters. The molecule has 19 heavy (non-hydrogen) atoms. The van der Waals surface area contributed by atoms with Gasteiger partial charge in [-0.1, -0.05) is 5.16 Å². The van der Waals surface area contributed by atoms with Crippen molar-refractivity contribution in [1.29, 1.82) is 0 Å². The summed E-state index contributed by atoms with van der Waals surface area (Å²) in [6.07, 6.45) is 5.04. The zero-order valence-electron chi connectivity index (χ0n) is 11.2. The molecule has 0 aromatic rings. The van der Waals surface area contributed by atoms with E-state index in [0.29, 0.717) is 18.9 Å². The number of hydrogen-bond donors (Lipinski definition) is 2. The quantitative estimate of drug-likeness (QED) is 0.331. The van der Waals surface area contributed by atoms with Crippen molar-refractivity contribution in [2.24, 2.45) is 16.3 Å². The van der Waals surface area contributed by atoms with Crippen LogP contribution in [0.5, 0.6) is 0 Å². The number of amides is 1. The number of rotatable bonds is 3. The summed E-state index contributed by atoms with van der Waals surface area (Å²) in [4.78, 5) is 16.9. The Labute approximate surface area is 113 Å². The number of amidine groups is 1. The Morgan fingerprint density at radius 3 is 2.53 bits per heavy atom. The van der Waals surface area contributed by atoms with Gasteiger partial charge in [0.25, 0.3) is 0 Å². The second-order valence-electron chi connectivity index (χ2n) is 6.00. The molecule has 1 saturated carbocycles. The predicted molar refractivity (Wildman–Crippen MR) is 70.9 cm³/mol. The first-order valence-corrected chi connectivity index (χ1v) is 7.19. The van der Waals surface area contributed by atoms with E-state index in [-0.39, 0.29) is 11.7 Å². The van der Waals surface area contributed by atoms with E-state index in [9.17, 15) is 4.79 Å². The monoisotopic (exact) mass is 266 g/mol. The van der Waals surface area contributed by atoms with E-state index in [2.05, 4.69) is 10.1 Å². The van der Waals surface area contributed by atoms with Gasteiger partial charge in [-0.25, -0.2) is 0 Å². The topological polar surface area (TPSA) is 82.2 Å². The largest absolute Gasteiger partial charge is 0.409 e. The van der Waals surface area contributed by atoms with Crippen LogP contribution in [-0.2, 0) is 4.79 Å². The number of carbonyl (C=O) groups is 1. The van der Waals surface area contributed by atoms with Crippen molar-refractivity contribution >= 4 is 11.7 Å². The van der Waals surface area contributed by atoms with E-state index in [1.165, 1.54) is 12.8 Å². The molecule has 0 aromatic heterocycles. The maximum Gasteiger partial charge on any atom is 0.236 e. The first kappa shape index (κ1) is 12.7. The molecule has 1 amide bonds. The lowest BCUT2D eigenvalue weighted by molar-refractivity contribution is -0.133. The molecule has 2 aliphatic heterocycles. The van der Waals surface area contributed by atoms with Crippen molar-refractivity contribution in [3.05, 3.63) is 0 Å². The van der Waals surface area contributed by atoms with E-state index >= 15 is 0 Å². The molecule has 6 nitrogen and oxygen atoms in total. The third kappa shape index (κ3) is 2.08. The average molecular weight is 266 g/mol. The highest BCUT2D eigenvalue weighted by Gasteiger charge is 2.56. The number of oxime groups is 1. The Kier molecular flexibility index (Phi) is 3.12. The predicted octanol–water partition coefficient (Wildman–Crippen LogP) is 0.210. The minimum Gasteiger partial charge on any atom is -0.409 e. The normalized spacial score (nSPS) is 30.8. The van der Waals surface area contributed by atoms with Gasteiger partial charge >= 0.3 is 0 Å². The van der Waals surface area contributed by atoms with Crippen molar-refractivity contribution < 1.29 is 10.0 Å². The third-order valence-corrected chi connectivity index (χ3v) is 4.87. The molecule has 0 bridgehead atoms. The average Bonchev–Trinajstić information content (AvgIpc) is 2.87. The standard InChI is InChI=1S/C13H22N4O2/c14-11(15-19)13(4-5-13)12(18)17-8-3-10(9-17)16-6-1-2-7-16/h10,19H,1-9H2,(H2,14,15). The Morgan fingerprint density at radius 2 is 1.95 bits per heavy atom. The van der Waals surface area contributed by atoms with Crippen LogP contribution in [0.3, 0.4) is 0 Å². The second kappa shape index (κ2) is 4.67. The fourth-order valence-electron chi connectivity index (χ4n) is 3.43. The number of hydrogen-bond acceptors (Lipinski definition) is 4. The Balaban J connectivity index is 1.63. The Bertz CT molecular complexity index is 399. The summed E-state index contributed by atoms with van der Waals surface area (Å²) in [5.74, 6) is 0.145. The van der Waals surface area contributed by atoms with Gasteiger partial charge in [0.1, 0.15) is 5.41 Å². The zero-order valence-corrected chi connectivity index (χ0v) is 11.2. The number of nitrogens with zero attached hydrogens (tertiary/aromatic N) is 3. The summed E-state index contributed by atoms with van der Waals surface area (Å²) in [5, 5.41) is 11.9. The lowest BCUT2D eigenvalue weighted by Gasteiger charge is -2.25. The van der Waals surface area contributed by atoms with Gasteiger partial charge in [0.05, 0.1) is 0 Å². The molecule has 1 aliphatic carbocycles. The van der Waals surface area contributed by atoms with E-state index in [1.54, 1.807) is 0 Å². The molecule has 0 aromatic carbocycles. The fourth-order valence-corrected chi connectivity index (χ4v) is 3.43. The van der Waals surface area contributed by atoms with Crippen molar-refractivity contribution in [2.45, 2.75) is 38.1 Å². The van der Waals surface area contributed by atoms with Crippen LogP contribution in [0.1, 0.15) is 32.1 Å². The Morgan fingerprint density at radius 1 is 1.26 bits per heavy atom. The van der Waals surface area contributed by atoms with Crippen LogP contribution in [0.15, 0.2) is 5.16 Å². The minimum absolute atomic E-state index is 0.0597. The van der Waals surface area contributed by atoms with Gasteiger partial charge in [0.2, 0.25) is 5.91 Å². The molecule has 3 N–H and O–H groups in total. The number of carbonyl (C=O) groups excluding carboxylic acids is 1. The van der Waals surface area contributed by atoms with Crippen LogP contribution in [0, 0.1) is 5.41 Å². The summed E-state index contributed by atoms with van der Waals surface area (Å²) < 4.78 is 0. The highest BCUT2D eigenvalue weighted by molar-refractivity contribution is 6.09. The molecular weight excluding hydrogens is 244 g/mol. The molecule has 6 heteroatoms. The Hall–Kier alpha value is -1.30. The van der Waals surface area contributed by atoms with Gasteiger partial charge in [-0.3, -0.25) is 9.69 Å². The van der Waals surface area contributed by atoms with Gasteiger partial charge < -0.3 is 15.8 Å². The fraction of sp³-hybridized carbons (Fsp3) is 0.846. The highest BCUT2D eigenvalue weighted by atomic mass is 16.4. The maximum absolute atomic E-state index is 12.5. The van der Waals surface area contributed by atoms with Crippen LogP contribution < -0.4 is 5.73 Å². The summed E-state index contributed by atoms with van der Waals surface area (Å²) in [7, 11) is 0. The van der Waals surface area contributed by atoms with Crippen LogP contribution >= 0.6 is 0 Å². The van der Waals surface area contributed by atoms with E-state index < -0.39 is 5.41 Å². The summed E-state index contributed by atoms with van der Waals surface area (Å²) in [6, 6.07) is 0.509. The van der Waals surface area contributed by atoms with Crippen LogP contribution in [0.25, 0.3) is 0 Å².